The Bertz CT molecular complexity index is 335. The monoisotopic (exact) mass is 201 g/mol. The predicted octanol–water partition coefficient (Wildman–Crippen LogP) is 3.76. The second-order valence-corrected chi connectivity index (χ2v) is 4.66. The lowest BCUT2D eigenvalue weighted by Crippen LogP contribution is -2.36. The van der Waals surface area contributed by atoms with Gasteiger partial charge in [-0.05, 0) is 17.4 Å². The highest BCUT2D eigenvalue weighted by Crippen LogP contribution is 2.38. The first kappa shape index (κ1) is 11.8. The summed E-state index contributed by atoms with van der Waals surface area (Å²) in [5, 5.41) is 9.52. The fourth-order valence-electron chi connectivity index (χ4n) is 2.37. The van der Waals surface area contributed by atoms with Crippen LogP contribution in [0, 0.1) is 23.2 Å². The Balaban J connectivity index is 3.30. The van der Waals surface area contributed by atoms with Crippen molar-refractivity contribution in [3.05, 3.63) is 35.9 Å². The van der Waals surface area contributed by atoms with E-state index in [0.29, 0.717) is 11.8 Å². The van der Waals surface area contributed by atoms with E-state index in [1.165, 1.54) is 0 Å². The Morgan fingerprint density at radius 1 is 1.00 bits per heavy atom. The van der Waals surface area contributed by atoms with E-state index in [0.717, 1.165) is 5.56 Å². The third-order valence-corrected chi connectivity index (χ3v) is 3.26. The van der Waals surface area contributed by atoms with Gasteiger partial charge in [0.05, 0.1) is 11.5 Å². The van der Waals surface area contributed by atoms with Gasteiger partial charge in [-0.1, -0.05) is 58.0 Å². The topological polar surface area (TPSA) is 23.8 Å². The summed E-state index contributed by atoms with van der Waals surface area (Å²) in [4.78, 5) is 0. The molecule has 0 saturated carbocycles. The molecule has 0 fully saturated rings. The first-order valence-electron chi connectivity index (χ1n) is 5.52. The Labute approximate surface area is 92.7 Å². The fourth-order valence-corrected chi connectivity index (χ4v) is 2.37. The lowest BCUT2D eigenvalue weighted by molar-refractivity contribution is 0.295. The number of benzene rings is 1. The summed E-state index contributed by atoms with van der Waals surface area (Å²) in [6, 6.07) is 12.7. The zero-order valence-electron chi connectivity index (χ0n) is 9.99. The maximum absolute atomic E-state index is 9.52. The van der Waals surface area contributed by atoms with Gasteiger partial charge >= 0.3 is 0 Å². The maximum atomic E-state index is 9.52. The second kappa shape index (κ2) is 4.49. The average molecular weight is 201 g/mol. The number of nitriles is 1. The molecule has 0 spiro atoms. The maximum Gasteiger partial charge on any atom is 0.0867 e. The summed E-state index contributed by atoms with van der Waals surface area (Å²) < 4.78 is 0. The number of hydrogen-bond acceptors (Lipinski definition) is 1. The summed E-state index contributed by atoms with van der Waals surface area (Å²) in [6.45, 7) is 8.48. The van der Waals surface area contributed by atoms with E-state index in [4.69, 9.17) is 0 Å². The highest BCUT2D eigenvalue weighted by Gasteiger charge is 2.38. The van der Waals surface area contributed by atoms with Gasteiger partial charge in [0.15, 0.2) is 0 Å². The number of nitrogens with zero attached hydrogens (tertiary/aromatic N) is 1. The van der Waals surface area contributed by atoms with E-state index in [-0.39, 0.29) is 5.41 Å². The molecule has 0 aromatic heterocycles. The quantitative estimate of drug-likeness (QED) is 0.730. The lowest BCUT2D eigenvalue weighted by Gasteiger charge is -2.35. The molecule has 1 heteroatoms. The molecule has 1 rings (SSSR count). The molecule has 0 unspecified atom stereocenters. The van der Waals surface area contributed by atoms with Crippen LogP contribution in [0.2, 0.25) is 0 Å². The number of rotatable bonds is 3. The minimum atomic E-state index is -0.360. The Kier molecular flexibility index (Phi) is 3.52. The van der Waals surface area contributed by atoms with E-state index >= 15 is 0 Å². The molecule has 1 nitrogen and oxygen atoms in total. The van der Waals surface area contributed by atoms with Gasteiger partial charge in [0.25, 0.3) is 0 Å². The predicted molar refractivity (Wildman–Crippen MR) is 63.4 cm³/mol. The van der Waals surface area contributed by atoms with Crippen molar-refractivity contribution in [1.82, 2.24) is 0 Å². The summed E-state index contributed by atoms with van der Waals surface area (Å²) in [5.74, 6) is 0.648. The Morgan fingerprint density at radius 3 is 1.80 bits per heavy atom. The highest BCUT2D eigenvalue weighted by molar-refractivity contribution is 5.34. The average Bonchev–Trinajstić information content (AvgIpc) is 2.20. The summed E-state index contributed by atoms with van der Waals surface area (Å²) in [7, 11) is 0. The summed E-state index contributed by atoms with van der Waals surface area (Å²) in [5.41, 5.74) is 0.777. The van der Waals surface area contributed by atoms with Crippen molar-refractivity contribution < 1.29 is 0 Å². The summed E-state index contributed by atoms with van der Waals surface area (Å²) >= 11 is 0. The zero-order chi connectivity index (χ0) is 11.5. The van der Waals surface area contributed by atoms with Gasteiger partial charge in [-0.2, -0.15) is 5.26 Å². The van der Waals surface area contributed by atoms with Crippen molar-refractivity contribution in [3.63, 3.8) is 0 Å². The van der Waals surface area contributed by atoms with Crippen molar-refractivity contribution in [2.75, 3.05) is 0 Å². The van der Waals surface area contributed by atoms with E-state index in [2.05, 4.69) is 45.9 Å². The van der Waals surface area contributed by atoms with Crippen molar-refractivity contribution in [2.24, 2.45) is 11.8 Å². The molecule has 0 aliphatic carbocycles. The molecule has 0 amide bonds. The standard InChI is InChI=1S/C14H19N/c1-11(2)14(10-15,12(3)4)13-8-6-5-7-9-13/h5-9,11-12H,1-4H3. The molecule has 80 valence electrons. The first-order valence-corrected chi connectivity index (χ1v) is 5.52. The Morgan fingerprint density at radius 2 is 1.47 bits per heavy atom. The Hall–Kier alpha value is -1.29. The molecule has 0 atom stereocenters. The van der Waals surface area contributed by atoms with Gasteiger partial charge in [0.2, 0.25) is 0 Å². The molecular formula is C14H19N. The molecule has 0 heterocycles. The molecule has 0 aliphatic heterocycles. The lowest BCUT2D eigenvalue weighted by atomic mass is 9.66. The van der Waals surface area contributed by atoms with Crippen LogP contribution < -0.4 is 0 Å². The van der Waals surface area contributed by atoms with Crippen molar-refractivity contribution in [2.45, 2.75) is 33.1 Å². The van der Waals surface area contributed by atoms with E-state index in [9.17, 15) is 5.26 Å². The number of hydrogen-bond donors (Lipinski definition) is 0. The summed E-state index contributed by atoms with van der Waals surface area (Å²) in [6.07, 6.45) is 0. The minimum absolute atomic E-state index is 0.324. The molecule has 15 heavy (non-hydrogen) atoms. The van der Waals surface area contributed by atoms with Gasteiger partial charge in [-0.3, -0.25) is 0 Å². The SMILES string of the molecule is CC(C)C(C#N)(c1ccccc1)C(C)C. The van der Waals surface area contributed by atoms with Crippen LogP contribution in [0.4, 0.5) is 0 Å². The molecule has 0 saturated heterocycles. The van der Waals surface area contributed by atoms with Crippen molar-refractivity contribution in [1.29, 1.82) is 5.26 Å². The second-order valence-electron chi connectivity index (χ2n) is 4.66. The normalized spacial score (nSPS) is 11.8. The molecule has 0 radical (unpaired) electrons. The van der Waals surface area contributed by atoms with Gasteiger partial charge in [0, 0.05) is 0 Å². The molecule has 1 aromatic carbocycles. The van der Waals surface area contributed by atoms with Gasteiger partial charge < -0.3 is 0 Å². The smallest absolute Gasteiger partial charge is 0.0867 e. The van der Waals surface area contributed by atoms with Crippen LogP contribution in [0.25, 0.3) is 0 Å². The molecule has 0 N–H and O–H groups in total. The van der Waals surface area contributed by atoms with Crippen LogP contribution in [0.1, 0.15) is 33.3 Å². The van der Waals surface area contributed by atoms with E-state index < -0.39 is 0 Å². The van der Waals surface area contributed by atoms with Crippen LogP contribution in [-0.2, 0) is 5.41 Å². The van der Waals surface area contributed by atoms with Crippen molar-refractivity contribution in [3.8, 4) is 6.07 Å². The zero-order valence-corrected chi connectivity index (χ0v) is 9.99. The molecule has 1 aromatic rings. The van der Waals surface area contributed by atoms with Crippen molar-refractivity contribution >= 4 is 0 Å². The van der Waals surface area contributed by atoms with Crippen LogP contribution >= 0.6 is 0 Å². The third kappa shape index (κ3) is 1.90. The minimum Gasteiger partial charge on any atom is -0.197 e. The molecule has 0 aliphatic rings. The van der Waals surface area contributed by atoms with Crippen LogP contribution in [-0.4, -0.2) is 0 Å². The van der Waals surface area contributed by atoms with Gasteiger partial charge in [-0.25, -0.2) is 0 Å². The highest BCUT2D eigenvalue weighted by atomic mass is 14.4. The first-order chi connectivity index (χ1) is 7.05. The van der Waals surface area contributed by atoms with Crippen LogP contribution in [0.5, 0.6) is 0 Å². The third-order valence-electron chi connectivity index (χ3n) is 3.26. The largest absolute Gasteiger partial charge is 0.197 e. The van der Waals surface area contributed by atoms with Gasteiger partial charge in [-0.15, -0.1) is 0 Å². The van der Waals surface area contributed by atoms with E-state index in [1.54, 1.807) is 0 Å². The molecule has 0 bridgehead atoms. The van der Waals surface area contributed by atoms with E-state index in [1.807, 2.05) is 18.2 Å². The fraction of sp³-hybridized carbons (Fsp3) is 0.500. The molecular weight excluding hydrogens is 182 g/mol. The van der Waals surface area contributed by atoms with Gasteiger partial charge in [0.1, 0.15) is 0 Å². The van der Waals surface area contributed by atoms with Crippen LogP contribution in [0.3, 0.4) is 0 Å². The van der Waals surface area contributed by atoms with Crippen LogP contribution in [0.15, 0.2) is 30.3 Å².